The smallest absolute Gasteiger partial charge is 0.320 e. The average Bonchev–Trinajstić information content (AvgIpc) is 2.95. The molecule has 0 saturated carbocycles. The number of carbonyl (C=O) groups excluding carboxylic acids is 1. The summed E-state index contributed by atoms with van der Waals surface area (Å²) in [6.45, 7) is 3.74. The first kappa shape index (κ1) is 12.7. The van der Waals surface area contributed by atoms with Gasteiger partial charge < -0.3 is 19.6 Å². The maximum absolute atomic E-state index is 12.6. The van der Waals surface area contributed by atoms with Gasteiger partial charge in [-0.2, -0.15) is 0 Å². The number of carbonyl (C=O) groups is 2. The third-order valence-electron chi connectivity index (χ3n) is 4.59. The molecule has 2 amide bonds. The van der Waals surface area contributed by atoms with E-state index in [1.807, 2.05) is 16.7 Å². The molecule has 3 aliphatic heterocycles. The van der Waals surface area contributed by atoms with Crippen LogP contribution in [0.25, 0.3) is 0 Å². The number of nitrogens with zero attached hydrogens (tertiary/aromatic N) is 2. The summed E-state index contributed by atoms with van der Waals surface area (Å²) in [5, 5.41) is 9.22. The third-order valence-corrected chi connectivity index (χ3v) is 4.59. The molecule has 0 aromatic carbocycles. The van der Waals surface area contributed by atoms with E-state index in [2.05, 4.69) is 0 Å². The van der Waals surface area contributed by atoms with Crippen LogP contribution >= 0.6 is 0 Å². The Balaban J connectivity index is 1.72. The Kier molecular flexibility index (Phi) is 3.12. The van der Waals surface area contributed by atoms with Gasteiger partial charge in [0.25, 0.3) is 0 Å². The number of ether oxygens (including phenoxy) is 1. The highest BCUT2D eigenvalue weighted by atomic mass is 16.5. The molecule has 0 aromatic heterocycles. The summed E-state index contributed by atoms with van der Waals surface area (Å²) in [7, 11) is 0. The van der Waals surface area contributed by atoms with Crippen LogP contribution in [0.4, 0.5) is 4.79 Å². The lowest BCUT2D eigenvalue weighted by Crippen LogP contribution is -2.52. The number of urea groups is 1. The van der Waals surface area contributed by atoms with Gasteiger partial charge in [-0.15, -0.1) is 0 Å². The summed E-state index contributed by atoms with van der Waals surface area (Å²) < 4.78 is 5.44. The molecule has 19 heavy (non-hydrogen) atoms. The van der Waals surface area contributed by atoms with Crippen LogP contribution in [0, 0.1) is 5.92 Å². The van der Waals surface area contributed by atoms with Gasteiger partial charge in [0.2, 0.25) is 0 Å². The van der Waals surface area contributed by atoms with Crippen molar-refractivity contribution < 1.29 is 19.4 Å². The Morgan fingerprint density at radius 3 is 2.74 bits per heavy atom. The minimum Gasteiger partial charge on any atom is -0.481 e. The maximum Gasteiger partial charge on any atom is 0.320 e. The molecule has 106 valence electrons. The molecule has 3 heterocycles. The van der Waals surface area contributed by atoms with E-state index in [9.17, 15) is 14.7 Å². The largest absolute Gasteiger partial charge is 0.481 e. The summed E-state index contributed by atoms with van der Waals surface area (Å²) in [4.78, 5) is 27.4. The highest BCUT2D eigenvalue weighted by Gasteiger charge is 2.52. The van der Waals surface area contributed by atoms with Crippen molar-refractivity contribution in [3.63, 3.8) is 0 Å². The number of aliphatic carboxylic acids is 1. The van der Waals surface area contributed by atoms with Crippen molar-refractivity contribution in [3.8, 4) is 0 Å². The number of amides is 2. The minimum atomic E-state index is -0.764. The molecule has 6 nitrogen and oxygen atoms in total. The quantitative estimate of drug-likeness (QED) is 0.762. The van der Waals surface area contributed by atoms with Crippen molar-refractivity contribution in [2.45, 2.75) is 44.4 Å². The lowest BCUT2D eigenvalue weighted by Gasteiger charge is -2.35. The van der Waals surface area contributed by atoms with Crippen LogP contribution in [-0.2, 0) is 9.53 Å². The van der Waals surface area contributed by atoms with E-state index >= 15 is 0 Å². The molecule has 0 aromatic rings. The molecule has 3 saturated heterocycles. The van der Waals surface area contributed by atoms with Gasteiger partial charge in [-0.3, -0.25) is 4.79 Å². The minimum absolute atomic E-state index is 0.00593. The number of hydrogen-bond acceptors (Lipinski definition) is 3. The second-order valence-electron chi connectivity index (χ2n) is 5.80. The summed E-state index contributed by atoms with van der Waals surface area (Å²) in [6.07, 6.45) is 2.45. The first-order valence-corrected chi connectivity index (χ1v) is 6.99. The molecule has 0 spiro atoms. The fraction of sp³-hybridized carbons (Fsp3) is 0.846. The van der Waals surface area contributed by atoms with E-state index in [-0.39, 0.29) is 30.1 Å². The molecule has 3 rings (SSSR count). The van der Waals surface area contributed by atoms with E-state index < -0.39 is 5.97 Å². The number of rotatable bonds is 1. The zero-order valence-corrected chi connectivity index (χ0v) is 11.1. The van der Waals surface area contributed by atoms with Crippen molar-refractivity contribution in [1.82, 2.24) is 9.80 Å². The summed E-state index contributed by atoms with van der Waals surface area (Å²) in [5.74, 6) is -1.14. The fourth-order valence-corrected chi connectivity index (χ4v) is 3.71. The second-order valence-corrected chi connectivity index (χ2v) is 5.80. The first-order valence-electron chi connectivity index (χ1n) is 6.99. The Hall–Kier alpha value is -1.30. The average molecular weight is 268 g/mol. The molecule has 1 N–H and O–H groups in total. The molecule has 2 bridgehead atoms. The van der Waals surface area contributed by atoms with Crippen molar-refractivity contribution in [3.05, 3.63) is 0 Å². The van der Waals surface area contributed by atoms with Crippen LogP contribution in [0.2, 0.25) is 0 Å². The van der Waals surface area contributed by atoms with Crippen molar-refractivity contribution in [1.29, 1.82) is 0 Å². The van der Waals surface area contributed by atoms with E-state index in [0.717, 1.165) is 12.8 Å². The van der Waals surface area contributed by atoms with Gasteiger partial charge in [0, 0.05) is 25.2 Å². The lowest BCUT2D eigenvalue weighted by atomic mass is 9.89. The number of hydrogen-bond donors (Lipinski definition) is 1. The van der Waals surface area contributed by atoms with Gasteiger partial charge in [0.15, 0.2) is 0 Å². The van der Waals surface area contributed by atoms with Crippen molar-refractivity contribution in [2.75, 3.05) is 19.7 Å². The van der Waals surface area contributed by atoms with Crippen LogP contribution in [0.5, 0.6) is 0 Å². The molecule has 3 fully saturated rings. The lowest BCUT2D eigenvalue weighted by molar-refractivity contribution is -0.142. The Morgan fingerprint density at radius 1 is 1.32 bits per heavy atom. The van der Waals surface area contributed by atoms with E-state index in [0.29, 0.717) is 26.1 Å². The zero-order chi connectivity index (χ0) is 13.6. The van der Waals surface area contributed by atoms with Gasteiger partial charge in [-0.05, 0) is 26.2 Å². The highest BCUT2D eigenvalue weighted by Crippen LogP contribution is 2.42. The standard InChI is InChI=1S/C13H20N2O4/c1-8-7-14(4-5-19-8)13(18)15-9-2-3-11(15)10(6-9)12(16)17/h8-11H,2-7H2,1H3,(H,16,17). The molecular weight excluding hydrogens is 248 g/mol. The number of carboxylic acid groups (broad SMARTS) is 1. The molecule has 6 heteroatoms. The predicted molar refractivity (Wildman–Crippen MR) is 66.8 cm³/mol. The van der Waals surface area contributed by atoms with Crippen LogP contribution in [0.3, 0.4) is 0 Å². The molecule has 4 atom stereocenters. The topological polar surface area (TPSA) is 70.1 Å². The predicted octanol–water partition coefficient (Wildman–Crippen LogP) is 0.765. The molecule has 0 aliphatic carbocycles. The van der Waals surface area contributed by atoms with E-state index in [1.165, 1.54) is 0 Å². The molecule has 4 unspecified atom stereocenters. The van der Waals surface area contributed by atoms with Gasteiger partial charge in [-0.25, -0.2) is 4.79 Å². The Labute approximate surface area is 112 Å². The van der Waals surface area contributed by atoms with Gasteiger partial charge in [0.05, 0.1) is 18.6 Å². The summed E-state index contributed by atoms with van der Waals surface area (Å²) in [6, 6.07) is 0.0244. The van der Waals surface area contributed by atoms with E-state index in [4.69, 9.17) is 4.74 Å². The molecular formula is C13H20N2O4. The zero-order valence-electron chi connectivity index (χ0n) is 11.1. The number of fused-ring (bicyclic) bond motifs is 2. The Bertz CT molecular complexity index is 400. The second kappa shape index (κ2) is 4.67. The van der Waals surface area contributed by atoms with E-state index in [1.54, 1.807) is 0 Å². The fourth-order valence-electron chi connectivity index (χ4n) is 3.71. The summed E-state index contributed by atoms with van der Waals surface area (Å²) in [5.41, 5.74) is 0. The SMILES string of the molecule is CC1CN(C(=O)N2C3CCC2C(C(=O)O)C3)CCO1. The van der Waals surface area contributed by atoms with Crippen LogP contribution < -0.4 is 0 Å². The van der Waals surface area contributed by atoms with Crippen LogP contribution in [0.1, 0.15) is 26.2 Å². The normalized spacial score (nSPS) is 37.7. The first-order chi connectivity index (χ1) is 9.08. The number of carboxylic acids is 1. The highest BCUT2D eigenvalue weighted by molar-refractivity contribution is 5.79. The van der Waals surface area contributed by atoms with Gasteiger partial charge in [-0.1, -0.05) is 0 Å². The molecule has 0 radical (unpaired) electrons. The summed E-state index contributed by atoms with van der Waals surface area (Å²) >= 11 is 0. The molecule has 3 aliphatic rings. The van der Waals surface area contributed by atoms with Gasteiger partial charge in [0.1, 0.15) is 0 Å². The third kappa shape index (κ3) is 2.08. The van der Waals surface area contributed by atoms with Crippen molar-refractivity contribution >= 4 is 12.0 Å². The maximum atomic E-state index is 12.6. The van der Waals surface area contributed by atoms with Crippen molar-refractivity contribution in [2.24, 2.45) is 5.92 Å². The monoisotopic (exact) mass is 268 g/mol. The Morgan fingerprint density at radius 2 is 2.11 bits per heavy atom. The van der Waals surface area contributed by atoms with Gasteiger partial charge >= 0.3 is 12.0 Å². The van der Waals surface area contributed by atoms with Crippen LogP contribution in [0.15, 0.2) is 0 Å². The van der Waals surface area contributed by atoms with Crippen LogP contribution in [-0.4, -0.2) is 64.8 Å². The number of morpholine rings is 1.